The van der Waals surface area contributed by atoms with Gasteiger partial charge in [-0.3, -0.25) is 9.89 Å². The molecular formula is C22H22N4O4. The highest BCUT2D eigenvalue weighted by atomic mass is 16.5. The number of ether oxygens (including phenoxy) is 2. The van der Waals surface area contributed by atoms with Crippen molar-refractivity contribution in [3.63, 3.8) is 0 Å². The predicted molar refractivity (Wildman–Crippen MR) is 111 cm³/mol. The van der Waals surface area contributed by atoms with Crippen molar-refractivity contribution in [2.24, 2.45) is 0 Å². The number of rotatable bonds is 8. The van der Waals surface area contributed by atoms with Crippen LogP contribution >= 0.6 is 0 Å². The van der Waals surface area contributed by atoms with Crippen LogP contribution in [-0.4, -0.2) is 27.9 Å². The summed E-state index contributed by atoms with van der Waals surface area (Å²) in [6.45, 7) is 4.38. The van der Waals surface area contributed by atoms with Gasteiger partial charge in [0.2, 0.25) is 0 Å². The van der Waals surface area contributed by atoms with Crippen LogP contribution in [0.2, 0.25) is 0 Å². The first-order chi connectivity index (χ1) is 14.6. The third kappa shape index (κ3) is 4.49. The van der Waals surface area contributed by atoms with Gasteiger partial charge in [0.1, 0.15) is 24.7 Å². The van der Waals surface area contributed by atoms with E-state index >= 15 is 0 Å². The van der Waals surface area contributed by atoms with Crippen molar-refractivity contribution in [3.8, 4) is 5.75 Å². The molecule has 1 amide bonds. The minimum Gasteiger partial charge on any atom is -0.489 e. The molecule has 4 aromatic rings. The Morgan fingerprint density at radius 3 is 2.73 bits per heavy atom. The number of carbonyl (C=O) groups excluding carboxylic acids is 1. The van der Waals surface area contributed by atoms with E-state index in [9.17, 15) is 4.79 Å². The van der Waals surface area contributed by atoms with Gasteiger partial charge in [0, 0.05) is 5.39 Å². The summed E-state index contributed by atoms with van der Waals surface area (Å²) in [5.41, 5.74) is 3.53. The number of anilines is 1. The van der Waals surface area contributed by atoms with Crippen molar-refractivity contribution in [3.05, 3.63) is 71.1 Å². The molecule has 30 heavy (non-hydrogen) atoms. The van der Waals surface area contributed by atoms with Gasteiger partial charge in [0.15, 0.2) is 5.82 Å². The minimum atomic E-state index is -0.277. The number of benzene rings is 2. The Hall–Kier alpha value is -3.65. The summed E-state index contributed by atoms with van der Waals surface area (Å²) < 4.78 is 16.5. The Morgan fingerprint density at radius 1 is 1.13 bits per heavy atom. The molecule has 0 saturated heterocycles. The summed E-state index contributed by atoms with van der Waals surface area (Å²) >= 11 is 0. The SMILES string of the molecule is Cc1noc(C)c1COc1ccc2[nH]nc(NC(=O)COCc3ccccc3)c2c1. The highest BCUT2D eigenvalue weighted by Gasteiger charge is 2.13. The molecule has 2 N–H and O–H groups in total. The number of H-pyrrole nitrogens is 1. The van der Waals surface area contributed by atoms with Gasteiger partial charge in [-0.2, -0.15) is 5.10 Å². The number of carbonyl (C=O) groups is 1. The van der Waals surface area contributed by atoms with Crippen molar-refractivity contribution in [2.45, 2.75) is 27.1 Å². The van der Waals surface area contributed by atoms with Crippen molar-refractivity contribution < 1.29 is 18.8 Å². The second-order valence-corrected chi connectivity index (χ2v) is 6.90. The summed E-state index contributed by atoms with van der Waals surface area (Å²) in [5.74, 6) is 1.54. The number of amides is 1. The minimum absolute atomic E-state index is 0.0640. The lowest BCUT2D eigenvalue weighted by atomic mass is 10.2. The van der Waals surface area contributed by atoms with E-state index in [4.69, 9.17) is 14.0 Å². The standard InChI is InChI=1S/C22H22N4O4/c1-14-19(15(2)30-26-14)12-29-17-8-9-20-18(10-17)22(25-24-20)23-21(27)13-28-11-16-6-4-3-5-7-16/h3-10H,11-13H2,1-2H3,(H2,23,24,25,27). The Morgan fingerprint density at radius 2 is 1.97 bits per heavy atom. The molecule has 0 radical (unpaired) electrons. The van der Waals surface area contributed by atoms with Crippen LogP contribution in [0, 0.1) is 13.8 Å². The zero-order valence-electron chi connectivity index (χ0n) is 16.8. The van der Waals surface area contributed by atoms with Crippen molar-refractivity contribution in [2.75, 3.05) is 11.9 Å². The smallest absolute Gasteiger partial charge is 0.251 e. The molecule has 0 bridgehead atoms. The molecule has 8 nitrogen and oxygen atoms in total. The van der Waals surface area contributed by atoms with E-state index in [1.807, 2.05) is 62.4 Å². The van der Waals surface area contributed by atoms with E-state index in [2.05, 4.69) is 20.7 Å². The summed E-state index contributed by atoms with van der Waals surface area (Å²) in [6.07, 6.45) is 0. The normalized spacial score (nSPS) is 11.0. The van der Waals surface area contributed by atoms with Crippen molar-refractivity contribution >= 4 is 22.6 Å². The molecule has 8 heteroatoms. The molecule has 0 atom stereocenters. The molecule has 2 heterocycles. The summed E-state index contributed by atoms with van der Waals surface area (Å²) in [7, 11) is 0. The number of fused-ring (bicyclic) bond motifs is 1. The van der Waals surface area contributed by atoms with E-state index in [1.165, 1.54) is 0 Å². The second kappa shape index (κ2) is 8.79. The molecule has 0 spiro atoms. The number of nitrogens with zero attached hydrogens (tertiary/aromatic N) is 2. The van der Waals surface area contributed by atoms with E-state index in [0.29, 0.717) is 24.8 Å². The molecule has 0 saturated carbocycles. The maximum Gasteiger partial charge on any atom is 0.251 e. The lowest BCUT2D eigenvalue weighted by molar-refractivity contribution is -0.121. The average Bonchev–Trinajstić information content (AvgIpc) is 3.29. The van der Waals surface area contributed by atoms with Gasteiger partial charge in [-0.25, -0.2) is 0 Å². The Balaban J connectivity index is 1.38. The molecule has 0 aliphatic rings. The maximum absolute atomic E-state index is 12.2. The lowest BCUT2D eigenvalue weighted by Gasteiger charge is -2.07. The number of aromatic amines is 1. The molecule has 0 aliphatic carbocycles. The van der Waals surface area contributed by atoms with Crippen LogP contribution in [0.4, 0.5) is 5.82 Å². The first kappa shape index (κ1) is 19.7. The lowest BCUT2D eigenvalue weighted by Crippen LogP contribution is -2.18. The summed E-state index contributed by atoms with van der Waals surface area (Å²) in [4.78, 5) is 12.2. The number of hydrogen-bond donors (Lipinski definition) is 2. The second-order valence-electron chi connectivity index (χ2n) is 6.90. The van der Waals surface area contributed by atoms with E-state index in [0.717, 1.165) is 33.5 Å². The van der Waals surface area contributed by atoms with Gasteiger partial charge < -0.3 is 19.3 Å². The third-order valence-electron chi connectivity index (χ3n) is 4.70. The van der Waals surface area contributed by atoms with Gasteiger partial charge >= 0.3 is 0 Å². The first-order valence-corrected chi connectivity index (χ1v) is 9.54. The number of aryl methyl sites for hydroxylation is 2. The fourth-order valence-electron chi connectivity index (χ4n) is 3.05. The molecular weight excluding hydrogens is 384 g/mol. The van der Waals surface area contributed by atoms with Crippen molar-refractivity contribution in [1.29, 1.82) is 0 Å². The first-order valence-electron chi connectivity index (χ1n) is 9.54. The Labute approximate surface area is 173 Å². The Bertz CT molecular complexity index is 1130. The zero-order chi connectivity index (χ0) is 20.9. The number of nitrogens with one attached hydrogen (secondary N) is 2. The monoisotopic (exact) mass is 406 g/mol. The topological polar surface area (TPSA) is 102 Å². The van der Waals surface area contributed by atoms with Crippen LogP contribution in [0.3, 0.4) is 0 Å². The molecule has 0 unspecified atom stereocenters. The van der Waals surface area contributed by atoms with Gasteiger partial charge in [-0.1, -0.05) is 35.5 Å². The zero-order valence-corrected chi connectivity index (χ0v) is 16.8. The number of aromatic nitrogens is 3. The number of hydrogen-bond acceptors (Lipinski definition) is 6. The largest absolute Gasteiger partial charge is 0.489 e. The van der Waals surface area contributed by atoms with Gasteiger partial charge in [0.05, 0.1) is 23.4 Å². The van der Waals surface area contributed by atoms with Gasteiger partial charge in [0.25, 0.3) is 5.91 Å². The molecule has 2 aromatic heterocycles. The average molecular weight is 406 g/mol. The maximum atomic E-state index is 12.2. The highest BCUT2D eigenvalue weighted by Crippen LogP contribution is 2.26. The van der Waals surface area contributed by atoms with Gasteiger partial charge in [-0.05, 0) is 37.6 Å². The van der Waals surface area contributed by atoms with Crippen LogP contribution in [0.25, 0.3) is 10.9 Å². The van der Waals surface area contributed by atoms with Gasteiger partial charge in [-0.15, -0.1) is 0 Å². The molecule has 0 fully saturated rings. The van der Waals surface area contributed by atoms with Crippen LogP contribution in [0.1, 0.15) is 22.6 Å². The molecule has 4 rings (SSSR count). The quantitative estimate of drug-likeness (QED) is 0.460. The fraction of sp³-hybridized carbons (Fsp3) is 0.227. The van der Waals surface area contributed by atoms with Crippen LogP contribution in [0.5, 0.6) is 5.75 Å². The van der Waals surface area contributed by atoms with E-state index in [-0.39, 0.29) is 12.5 Å². The third-order valence-corrected chi connectivity index (χ3v) is 4.70. The highest BCUT2D eigenvalue weighted by molar-refractivity contribution is 6.00. The predicted octanol–water partition coefficient (Wildman–Crippen LogP) is 3.90. The van der Waals surface area contributed by atoms with Crippen molar-refractivity contribution in [1.82, 2.24) is 15.4 Å². The molecule has 2 aromatic carbocycles. The molecule has 0 aliphatic heterocycles. The summed E-state index contributed by atoms with van der Waals surface area (Å²) in [5, 5.41) is 14.6. The fourth-order valence-corrected chi connectivity index (χ4v) is 3.05. The molecule has 154 valence electrons. The van der Waals surface area contributed by atoms with Crippen LogP contribution < -0.4 is 10.1 Å². The van der Waals surface area contributed by atoms with Crippen LogP contribution in [0.15, 0.2) is 53.1 Å². The Kier molecular flexibility index (Phi) is 5.76. The summed E-state index contributed by atoms with van der Waals surface area (Å²) in [6, 6.07) is 15.2. The van der Waals surface area contributed by atoms with E-state index < -0.39 is 0 Å². The van der Waals surface area contributed by atoms with Crippen LogP contribution in [-0.2, 0) is 22.7 Å². The van der Waals surface area contributed by atoms with E-state index in [1.54, 1.807) is 0 Å².